The van der Waals surface area contributed by atoms with Gasteiger partial charge in [-0.3, -0.25) is 0 Å². The summed E-state index contributed by atoms with van der Waals surface area (Å²) in [7, 11) is -0.892. The normalized spacial score (nSPS) is 10.0. The van der Waals surface area contributed by atoms with E-state index < -0.39 is 15.8 Å². The Balaban J connectivity index is 0.000000180. The molecule has 0 fully saturated rings. The molecule has 0 aliphatic carbocycles. The molecule has 0 saturated carbocycles. The van der Waals surface area contributed by atoms with Crippen LogP contribution in [0.25, 0.3) is 0 Å². The predicted octanol–water partition coefficient (Wildman–Crippen LogP) is 10.1. The quantitative estimate of drug-likeness (QED) is 0.0481. The molecular weight excluding hydrogens is 794 g/mol. The largest absolute Gasteiger partial charge is 1.00 e. The van der Waals surface area contributed by atoms with E-state index in [1.807, 2.05) is 60.8 Å². The number of rotatable bonds is 8. The molecular formula is C50H40NOP2Ru. The van der Waals surface area contributed by atoms with Gasteiger partial charge < -0.3 is 4.99 Å². The number of hydrogen-bond acceptors (Lipinski definition) is 1. The van der Waals surface area contributed by atoms with Crippen molar-refractivity contribution in [2.45, 2.75) is 0 Å². The van der Waals surface area contributed by atoms with Crippen LogP contribution in [-0.4, -0.2) is 6.21 Å². The van der Waals surface area contributed by atoms with E-state index in [0.29, 0.717) is 0 Å². The first-order valence-corrected chi connectivity index (χ1v) is 20.2. The molecule has 8 aromatic rings. The van der Waals surface area contributed by atoms with Crippen molar-refractivity contribution in [2.24, 2.45) is 4.99 Å². The summed E-state index contributed by atoms with van der Waals surface area (Å²) < 4.78 is 7.50. The Morgan fingerprint density at radius 2 is 0.618 bits per heavy atom. The monoisotopic (exact) mass is 834 g/mol. The van der Waals surface area contributed by atoms with E-state index in [1.165, 1.54) is 31.8 Å². The van der Waals surface area contributed by atoms with Gasteiger partial charge in [-0.1, -0.05) is 200 Å². The van der Waals surface area contributed by atoms with Crippen LogP contribution in [0.4, 0.5) is 5.69 Å². The smallest absolute Gasteiger partial charge is 0.305 e. The van der Waals surface area contributed by atoms with Crippen molar-refractivity contribution in [3.63, 3.8) is 0 Å². The first kappa shape index (κ1) is 42.4. The second kappa shape index (κ2) is 24.9. The molecule has 0 spiro atoms. The first-order valence-electron chi connectivity index (χ1n) is 17.5. The van der Waals surface area contributed by atoms with Gasteiger partial charge in [0.15, 0.2) is 0 Å². The van der Waals surface area contributed by atoms with Crippen LogP contribution in [0, 0.1) is 12.7 Å². The molecule has 1 radical (unpaired) electrons. The van der Waals surface area contributed by atoms with E-state index in [0.717, 1.165) is 11.3 Å². The van der Waals surface area contributed by atoms with Gasteiger partial charge in [0.05, 0.1) is 5.69 Å². The zero-order chi connectivity index (χ0) is 37.5. The Hall–Kier alpha value is -5.35. The minimum absolute atomic E-state index is 0. The van der Waals surface area contributed by atoms with E-state index in [4.69, 9.17) is 4.65 Å². The van der Waals surface area contributed by atoms with Crippen LogP contribution in [0.5, 0.6) is 0 Å². The van der Waals surface area contributed by atoms with E-state index in [-0.39, 0.29) is 19.5 Å². The van der Waals surface area contributed by atoms with Crippen LogP contribution >= 0.6 is 15.8 Å². The van der Waals surface area contributed by atoms with Crippen LogP contribution < -0.4 is 31.8 Å². The van der Waals surface area contributed by atoms with Crippen molar-refractivity contribution in [1.82, 2.24) is 0 Å². The number of hydrogen-bond donors (Lipinski definition) is 0. The summed E-state index contributed by atoms with van der Waals surface area (Å²) in [4.78, 5) is 4.32. The van der Waals surface area contributed by atoms with Crippen molar-refractivity contribution < 1.29 is 24.1 Å². The Morgan fingerprint density at radius 1 is 0.364 bits per heavy atom. The van der Waals surface area contributed by atoms with Crippen molar-refractivity contribution in [2.75, 3.05) is 0 Å². The number of aliphatic imine (C=N–C) groups is 1. The van der Waals surface area contributed by atoms with Gasteiger partial charge in [-0.15, -0.1) is 35.9 Å². The zero-order valence-corrected chi connectivity index (χ0v) is 33.7. The molecule has 2 nitrogen and oxygen atoms in total. The molecule has 0 aliphatic heterocycles. The summed E-state index contributed by atoms with van der Waals surface area (Å²) in [5.74, 6) is 0. The summed E-state index contributed by atoms with van der Waals surface area (Å²) >= 11 is 0. The molecule has 0 unspecified atom stereocenters. The summed E-state index contributed by atoms with van der Waals surface area (Å²) in [6.07, 6.45) is 1.81. The molecule has 0 atom stereocenters. The Labute approximate surface area is 341 Å². The minimum Gasteiger partial charge on any atom is -0.305 e. The maximum absolute atomic E-state index is 7.50. The topological polar surface area (TPSA) is 32.3 Å². The fourth-order valence-electron chi connectivity index (χ4n) is 5.50. The average molecular weight is 834 g/mol. The third-order valence-electron chi connectivity index (χ3n) is 7.93. The Bertz CT molecular complexity index is 1860. The molecule has 8 rings (SSSR count). The number of benzene rings is 8. The molecule has 5 heteroatoms. The molecule has 0 N–H and O–H groups in total. The second-order valence-corrected chi connectivity index (χ2v) is 16.0. The van der Waals surface area contributed by atoms with Crippen molar-refractivity contribution >= 4 is 59.6 Å². The van der Waals surface area contributed by atoms with Gasteiger partial charge in [0.1, 0.15) is 0 Å². The van der Waals surface area contributed by atoms with E-state index in [9.17, 15) is 0 Å². The van der Waals surface area contributed by atoms with Crippen molar-refractivity contribution in [3.05, 3.63) is 255 Å². The van der Waals surface area contributed by atoms with E-state index in [1.54, 1.807) is 0 Å². The van der Waals surface area contributed by atoms with E-state index >= 15 is 0 Å². The van der Waals surface area contributed by atoms with Crippen molar-refractivity contribution in [3.8, 4) is 0 Å². The predicted molar refractivity (Wildman–Crippen MR) is 233 cm³/mol. The molecule has 55 heavy (non-hydrogen) atoms. The van der Waals surface area contributed by atoms with Gasteiger partial charge in [-0.05, 0) is 66.0 Å². The maximum atomic E-state index is 7.50. The van der Waals surface area contributed by atoms with Crippen LogP contribution in [0.1, 0.15) is 5.56 Å². The number of nitrogens with zero attached hydrogens (tertiary/aromatic N) is 1. The molecule has 8 aromatic carbocycles. The van der Waals surface area contributed by atoms with Gasteiger partial charge >= 0.3 is 30.8 Å². The fourth-order valence-corrected chi connectivity index (χ4v) is 10.1. The minimum atomic E-state index is -0.446. The Kier molecular flexibility index (Phi) is 19.2. The van der Waals surface area contributed by atoms with Gasteiger partial charge in [0.25, 0.3) is 0 Å². The molecule has 0 amide bonds. The molecule has 0 saturated heterocycles. The second-order valence-electron chi connectivity index (χ2n) is 11.6. The van der Waals surface area contributed by atoms with Crippen LogP contribution in [0.3, 0.4) is 0 Å². The first-order chi connectivity index (χ1) is 26.8. The third kappa shape index (κ3) is 13.8. The van der Waals surface area contributed by atoms with Gasteiger partial charge in [0, 0.05) is 0 Å². The average Bonchev–Trinajstić information content (AvgIpc) is 3.27. The molecule has 0 aliphatic rings. The zero-order valence-electron chi connectivity index (χ0n) is 30.2. The van der Waals surface area contributed by atoms with E-state index in [2.05, 4.69) is 200 Å². The van der Waals surface area contributed by atoms with Gasteiger partial charge in [-0.25, -0.2) is 0 Å². The molecule has 0 aromatic heterocycles. The number of para-hydroxylation sites is 1. The van der Waals surface area contributed by atoms with Gasteiger partial charge in [-0.2, -0.15) is 0 Å². The maximum Gasteiger partial charge on any atom is 1.00 e. The fraction of sp³-hybridized carbons (Fsp3) is 0. The molecule has 0 bridgehead atoms. The van der Waals surface area contributed by atoms with Crippen LogP contribution in [0.2, 0.25) is 0 Å². The summed E-state index contributed by atoms with van der Waals surface area (Å²) in [5, 5.41) is 8.39. The third-order valence-corrected chi connectivity index (χ3v) is 12.8. The SMILES string of the molecule is [C-]#[O+].[Ru+].[c-]1ccccc1C=Nc1ccccc1.c1ccc(P(c2ccccc2)c2ccccc2)cc1.c1ccc(P(c2ccccc2)c2ccccc2)cc1. The van der Waals surface area contributed by atoms with Crippen LogP contribution in [0.15, 0.2) is 242 Å². The van der Waals surface area contributed by atoms with Crippen molar-refractivity contribution in [1.29, 1.82) is 0 Å². The molecule has 0 heterocycles. The van der Waals surface area contributed by atoms with Gasteiger partial charge in [0.2, 0.25) is 0 Å². The molecule has 269 valence electrons. The Morgan fingerprint density at radius 3 is 0.873 bits per heavy atom. The summed E-state index contributed by atoms with van der Waals surface area (Å²) in [5.41, 5.74) is 1.96. The van der Waals surface area contributed by atoms with Crippen LogP contribution in [-0.2, 0) is 24.1 Å². The summed E-state index contributed by atoms with van der Waals surface area (Å²) in [6, 6.07) is 85.4. The summed E-state index contributed by atoms with van der Waals surface area (Å²) in [6.45, 7) is 4.50. The standard InChI is InChI=1S/2C18H15P.C13H10N.CO.Ru/c2*1-4-10-16(11-5-1)19(17-12-6-2-7-13-17)18-14-8-3-9-15-18;1-3-7-12(8-4-1)11-14-13-9-5-2-6-10-13;1-2;/h2*1-15H;1-7,9-11H;;/q;;-1;;+1.